The molecule has 238 valence electrons. The molecule has 20 heteroatoms. The number of hydrogen-bond acceptors (Lipinski definition) is 7. The molecule has 0 aromatic carbocycles. The van der Waals surface area contributed by atoms with Crippen molar-refractivity contribution in [2.45, 2.75) is 50.0 Å². The smallest absolute Gasteiger partial charge is 0.475 e. The van der Waals surface area contributed by atoms with Crippen molar-refractivity contribution in [2.24, 2.45) is 0 Å². The highest BCUT2D eigenvalue weighted by Crippen LogP contribution is 2.36. The average molecular weight is 636 g/mol. The number of amides is 1. The van der Waals surface area contributed by atoms with Gasteiger partial charge in [0, 0.05) is 44.1 Å². The van der Waals surface area contributed by atoms with Crippen molar-refractivity contribution < 1.29 is 74.0 Å². The molecule has 2 aliphatic rings. The molecule has 4 rings (SSSR count). The number of carboxylic acid groups (broad SMARTS) is 3. The van der Waals surface area contributed by atoms with Crippen LogP contribution in [0, 0.1) is 0 Å². The number of nitrogens with zero attached hydrogens (tertiary/aromatic N) is 4. The Balaban J connectivity index is 0.000000363. The minimum atomic E-state index is -5.08. The first kappa shape index (κ1) is 36.5. The van der Waals surface area contributed by atoms with Crippen molar-refractivity contribution >= 4 is 29.5 Å². The quantitative estimate of drug-likeness (QED) is 0.423. The SMILES string of the molecule is O=C(O)C(F)(F)F.O=C(O)C(F)(F)F.O=C(O)C(F)(F)F.O=C1C[C@@H]2[C@H](CCN2Cc2cccnc2)N1c1cccnc1. The third-order valence-corrected chi connectivity index (χ3v) is 5.37. The zero-order chi connectivity index (χ0) is 33.2. The number of likely N-dealkylation sites (tertiary alicyclic amines) is 1. The maximum atomic E-state index is 12.4. The van der Waals surface area contributed by atoms with Gasteiger partial charge in [-0.15, -0.1) is 0 Å². The molecule has 4 heterocycles. The van der Waals surface area contributed by atoms with E-state index in [0.29, 0.717) is 12.5 Å². The molecule has 0 spiro atoms. The van der Waals surface area contributed by atoms with E-state index in [1.165, 1.54) is 5.56 Å². The largest absolute Gasteiger partial charge is 0.490 e. The van der Waals surface area contributed by atoms with Gasteiger partial charge in [-0.25, -0.2) is 14.4 Å². The minimum Gasteiger partial charge on any atom is -0.475 e. The van der Waals surface area contributed by atoms with Gasteiger partial charge in [-0.1, -0.05) is 6.07 Å². The molecule has 0 aliphatic carbocycles. The average Bonchev–Trinajstić information content (AvgIpc) is 3.42. The predicted octanol–water partition coefficient (Wildman–Crippen LogP) is 3.76. The van der Waals surface area contributed by atoms with Crippen LogP contribution >= 0.6 is 0 Å². The summed E-state index contributed by atoms with van der Waals surface area (Å²) in [6.07, 6.45) is -6.41. The van der Waals surface area contributed by atoms with Crippen molar-refractivity contribution in [2.75, 3.05) is 11.4 Å². The summed E-state index contributed by atoms with van der Waals surface area (Å²) in [4.78, 5) is 51.8. The summed E-state index contributed by atoms with van der Waals surface area (Å²) in [5.74, 6) is -8.06. The molecule has 11 nitrogen and oxygen atoms in total. The van der Waals surface area contributed by atoms with E-state index < -0.39 is 36.4 Å². The normalized spacial score (nSPS) is 18.2. The lowest BCUT2D eigenvalue weighted by molar-refractivity contribution is -0.193. The van der Waals surface area contributed by atoms with Gasteiger partial charge in [0.15, 0.2) is 0 Å². The summed E-state index contributed by atoms with van der Waals surface area (Å²) in [6.45, 7) is 1.89. The van der Waals surface area contributed by atoms with E-state index in [9.17, 15) is 44.3 Å². The zero-order valence-electron chi connectivity index (χ0n) is 21.3. The van der Waals surface area contributed by atoms with E-state index in [2.05, 4.69) is 20.9 Å². The van der Waals surface area contributed by atoms with Crippen LogP contribution in [0.1, 0.15) is 18.4 Å². The van der Waals surface area contributed by atoms with E-state index in [1.807, 2.05) is 29.3 Å². The Kier molecular flexibility index (Phi) is 12.8. The third-order valence-electron chi connectivity index (χ3n) is 5.37. The molecular weight excluding hydrogens is 615 g/mol. The van der Waals surface area contributed by atoms with Gasteiger partial charge in [0.05, 0.1) is 17.9 Å². The highest BCUT2D eigenvalue weighted by atomic mass is 19.4. The van der Waals surface area contributed by atoms with Crippen LogP contribution in [0.15, 0.2) is 49.1 Å². The van der Waals surface area contributed by atoms with Crippen LogP contribution in [-0.4, -0.2) is 91.2 Å². The number of rotatable bonds is 3. The Labute approximate surface area is 235 Å². The second kappa shape index (κ2) is 15.1. The number of aromatic nitrogens is 2. The summed E-state index contributed by atoms with van der Waals surface area (Å²) in [7, 11) is 0. The molecule has 0 bridgehead atoms. The molecule has 2 aromatic rings. The van der Waals surface area contributed by atoms with E-state index in [4.69, 9.17) is 29.7 Å². The first-order valence-electron chi connectivity index (χ1n) is 11.4. The number of carboxylic acids is 3. The standard InChI is InChI=1S/C17H18N4O.3C2HF3O2/c22-17-9-16-15(21(17)14-4-2-7-19-11-14)5-8-20(16)12-13-3-1-6-18-10-13;3*3-2(4,5)1(6)7/h1-4,6-7,10-11,15-16H,5,8-9,12H2;3*(H,6,7)/t15-,16+;;;/m0.../s1. The van der Waals surface area contributed by atoms with Crippen molar-refractivity contribution in [3.05, 3.63) is 54.6 Å². The van der Waals surface area contributed by atoms with Crippen molar-refractivity contribution in [1.82, 2.24) is 14.9 Å². The summed E-state index contributed by atoms with van der Waals surface area (Å²) in [5, 5.41) is 21.4. The number of pyridine rings is 2. The molecule has 0 saturated carbocycles. The predicted molar refractivity (Wildman–Crippen MR) is 124 cm³/mol. The second-order valence-electron chi connectivity index (χ2n) is 8.34. The highest BCUT2D eigenvalue weighted by Gasteiger charge is 2.47. The fourth-order valence-corrected chi connectivity index (χ4v) is 3.68. The summed E-state index contributed by atoms with van der Waals surface area (Å²) in [5.41, 5.74) is 2.12. The number of carbonyl (C=O) groups excluding carboxylic acids is 1. The van der Waals surface area contributed by atoms with E-state index in [1.54, 1.807) is 18.6 Å². The van der Waals surface area contributed by atoms with Crippen molar-refractivity contribution in [3.8, 4) is 0 Å². The van der Waals surface area contributed by atoms with Crippen LogP contribution in [-0.2, 0) is 25.7 Å². The van der Waals surface area contributed by atoms with E-state index in [0.717, 1.165) is 25.2 Å². The maximum Gasteiger partial charge on any atom is 0.490 e. The molecule has 3 N–H and O–H groups in total. The van der Waals surface area contributed by atoms with Gasteiger partial charge in [-0.2, -0.15) is 39.5 Å². The minimum absolute atomic E-state index is 0.207. The Morgan fingerprint density at radius 1 is 0.767 bits per heavy atom. The molecular formula is C23H21F9N4O7. The molecule has 2 saturated heterocycles. The van der Waals surface area contributed by atoms with Gasteiger partial charge >= 0.3 is 36.4 Å². The monoisotopic (exact) mass is 636 g/mol. The summed E-state index contributed by atoms with van der Waals surface area (Å²) >= 11 is 0. The molecule has 0 radical (unpaired) electrons. The lowest BCUT2D eigenvalue weighted by atomic mass is 10.1. The van der Waals surface area contributed by atoms with Crippen LogP contribution in [0.2, 0.25) is 0 Å². The molecule has 43 heavy (non-hydrogen) atoms. The van der Waals surface area contributed by atoms with Gasteiger partial charge in [-0.3, -0.25) is 19.7 Å². The Hall–Kier alpha value is -4.49. The lowest BCUT2D eigenvalue weighted by Crippen LogP contribution is -2.37. The molecule has 1 amide bonds. The molecule has 2 aliphatic heterocycles. The van der Waals surface area contributed by atoms with Crippen LogP contribution in [0.4, 0.5) is 45.2 Å². The summed E-state index contributed by atoms with van der Waals surface area (Å²) in [6, 6.07) is 8.48. The second-order valence-corrected chi connectivity index (χ2v) is 8.34. The van der Waals surface area contributed by atoms with Crippen LogP contribution in [0.5, 0.6) is 0 Å². The number of anilines is 1. The van der Waals surface area contributed by atoms with Gasteiger partial charge < -0.3 is 20.2 Å². The van der Waals surface area contributed by atoms with Gasteiger partial charge in [0.1, 0.15) is 0 Å². The van der Waals surface area contributed by atoms with E-state index in [-0.39, 0.29) is 11.9 Å². The first-order chi connectivity index (χ1) is 19.7. The number of alkyl halides is 9. The number of hydrogen-bond donors (Lipinski definition) is 3. The topological polar surface area (TPSA) is 161 Å². The Morgan fingerprint density at radius 2 is 1.21 bits per heavy atom. The fourth-order valence-electron chi connectivity index (χ4n) is 3.68. The maximum absolute atomic E-state index is 12.4. The van der Waals surface area contributed by atoms with Crippen LogP contribution in [0.3, 0.4) is 0 Å². The van der Waals surface area contributed by atoms with E-state index >= 15 is 0 Å². The summed E-state index contributed by atoms with van der Waals surface area (Å²) < 4.78 is 95.2. The fraction of sp³-hybridized carbons (Fsp3) is 0.391. The van der Waals surface area contributed by atoms with Gasteiger partial charge in [0.25, 0.3) is 0 Å². The Bertz CT molecular complexity index is 1170. The number of fused-ring (bicyclic) bond motifs is 1. The van der Waals surface area contributed by atoms with Crippen molar-refractivity contribution in [3.63, 3.8) is 0 Å². The molecule has 2 fully saturated rings. The highest BCUT2D eigenvalue weighted by molar-refractivity contribution is 5.97. The molecule has 0 unspecified atom stereocenters. The lowest BCUT2D eigenvalue weighted by Gasteiger charge is -2.25. The number of aliphatic carboxylic acids is 3. The van der Waals surface area contributed by atoms with Gasteiger partial charge in [-0.05, 0) is 30.2 Å². The first-order valence-corrected chi connectivity index (χ1v) is 11.4. The van der Waals surface area contributed by atoms with Crippen molar-refractivity contribution in [1.29, 1.82) is 0 Å². The zero-order valence-corrected chi connectivity index (χ0v) is 21.3. The molecule has 2 atom stereocenters. The van der Waals surface area contributed by atoms with Crippen LogP contribution < -0.4 is 4.90 Å². The van der Waals surface area contributed by atoms with Crippen LogP contribution in [0.25, 0.3) is 0 Å². The van der Waals surface area contributed by atoms with Gasteiger partial charge in [0.2, 0.25) is 5.91 Å². The Morgan fingerprint density at radius 3 is 1.58 bits per heavy atom. The number of carbonyl (C=O) groups is 4. The molecule has 2 aromatic heterocycles. The number of halogens is 9. The third kappa shape index (κ3) is 12.1.